The number of benzene rings is 2. The molecule has 2 aromatic rings. The zero-order valence-corrected chi connectivity index (χ0v) is 15.8. The van der Waals surface area contributed by atoms with Crippen LogP contribution in [0.3, 0.4) is 0 Å². The summed E-state index contributed by atoms with van der Waals surface area (Å²) in [7, 11) is 1.56. The lowest BCUT2D eigenvalue weighted by molar-refractivity contribution is -0.125. The summed E-state index contributed by atoms with van der Waals surface area (Å²) >= 11 is 0. The first-order valence-electron chi connectivity index (χ1n) is 8.81. The van der Waals surface area contributed by atoms with Crippen molar-refractivity contribution in [2.24, 2.45) is 0 Å². The largest absolute Gasteiger partial charge is 0.497 e. The molecule has 0 saturated carbocycles. The van der Waals surface area contributed by atoms with Crippen molar-refractivity contribution in [3.8, 4) is 17.2 Å². The Morgan fingerprint density at radius 2 is 2.07 bits per heavy atom. The number of amides is 2. The lowest BCUT2D eigenvalue weighted by Gasteiger charge is -2.32. The van der Waals surface area contributed by atoms with Gasteiger partial charge in [0.05, 0.1) is 12.8 Å². The molecule has 1 atom stereocenters. The molecule has 0 fully saturated rings. The van der Waals surface area contributed by atoms with Gasteiger partial charge >= 0.3 is 0 Å². The van der Waals surface area contributed by atoms with Gasteiger partial charge < -0.3 is 24.4 Å². The van der Waals surface area contributed by atoms with E-state index < -0.39 is 6.10 Å². The predicted molar refractivity (Wildman–Crippen MR) is 106 cm³/mol. The fraction of sp³-hybridized carbons (Fsp3) is 0.238. The number of carbonyl (C=O) groups is 2. The van der Waals surface area contributed by atoms with E-state index in [0.717, 1.165) is 0 Å². The number of methoxy groups -OCH3 is 1. The van der Waals surface area contributed by atoms with Gasteiger partial charge in [-0.15, -0.1) is 6.58 Å². The first-order valence-corrected chi connectivity index (χ1v) is 8.81. The molecule has 2 aromatic carbocycles. The monoisotopic (exact) mass is 382 g/mol. The van der Waals surface area contributed by atoms with Crippen LogP contribution in [0, 0.1) is 0 Å². The van der Waals surface area contributed by atoms with Gasteiger partial charge in [0.2, 0.25) is 0 Å². The van der Waals surface area contributed by atoms with Crippen molar-refractivity contribution in [1.82, 2.24) is 0 Å². The average Bonchev–Trinajstić information content (AvgIpc) is 2.70. The Kier molecular flexibility index (Phi) is 5.84. The Bertz CT molecular complexity index is 896. The molecule has 3 rings (SSSR count). The van der Waals surface area contributed by atoms with E-state index in [1.807, 2.05) is 0 Å². The second-order valence-electron chi connectivity index (χ2n) is 6.20. The van der Waals surface area contributed by atoms with E-state index in [-0.39, 0.29) is 18.4 Å². The number of nitrogens with zero attached hydrogens (tertiary/aromatic N) is 1. The standard InChI is InChI=1S/C21H22N2O5/c1-4-10-23-18-9-8-15(11-19(18)28-14(2)21(23)25)22-20(24)13-27-17-7-5-6-16(12-17)26-3/h4-9,11-12,14H,1,10,13H2,2-3H3,(H,22,24). The van der Waals surface area contributed by atoms with Crippen molar-refractivity contribution in [3.05, 3.63) is 55.1 Å². The van der Waals surface area contributed by atoms with Crippen LogP contribution in [0.4, 0.5) is 11.4 Å². The van der Waals surface area contributed by atoms with Crippen molar-refractivity contribution < 1.29 is 23.8 Å². The van der Waals surface area contributed by atoms with Crippen LogP contribution in [0.1, 0.15) is 6.92 Å². The Morgan fingerprint density at radius 1 is 1.29 bits per heavy atom. The van der Waals surface area contributed by atoms with Crippen LogP contribution in [0.25, 0.3) is 0 Å². The summed E-state index contributed by atoms with van der Waals surface area (Å²) in [6.45, 7) is 5.61. The number of carbonyl (C=O) groups excluding carboxylic acids is 2. The molecule has 0 spiro atoms. The van der Waals surface area contributed by atoms with E-state index in [1.54, 1.807) is 67.5 Å². The highest BCUT2D eigenvalue weighted by molar-refractivity contribution is 6.01. The van der Waals surface area contributed by atoms with Crippen LogP contribution in [0.2, 0.25) is 0 Å². The first-order chi connectivity index (χ1) is 13.5. The highest BCUT2D eigenvalue weighted by atomic mass is 16.5. The average molecular weight is 382 g/mol. The summed E-state index contributed by atoms with van der Waals surface area (Å²) in [6, 6.07) is 12.2. The third-order valence-corrected chi connectivity index (χ3v) is 4.17. The molecule has 1 unspecified atom stereocenters. The highest BCUT2D eigenvalue weighted by Crippen LogP contribution is 2.36. The molecule has 0 aliphatic carbocycles. The summed E-state index contributed by atoms with van der Waals surface area (Å²) in [5.74, 6) is 1.27. The maximum absolute atomic E-state index is 12.3. The summed E-state index contributed by atoms with van der Waals surface area (Å²) in [6.07, 6.45) is 1.06. The Hall–Kier alpha value is -3.48. The SMILES string of the molecule is C=CCN1C(=O)C(C)Oc2cc(NC(=O)COc3cccc(OC)c3)ccc21. The van der Waals surface area contributed by atoms with Crippen molar-refractivity contribution in [3.63, 3.8) is 0 Å². The molecular formula is C21H22N2O5. The van der Waals surface area contributed by atoms with Crippen molar-refractivity contribution in [1.29, 1.82) is 0 Å². The van der Waals surface area contributed by atoms with Gasteiger partial charge in [-0.05, 0) is 31.2 Å². The third kappa shape index (κ3) is 4.25. The van der Waals surface area contributed by atoms with Crippen LogP contribution in [0.5, 0.6) is 17.2 Å². The quantitative estimate of drug-likeness (QED) is 0.745. The second-order valence-corrected chi connectivity index (χ2v) is 6.20. The molecule has 146 valence electrons. The first kappa shape index (κ1) is 19.3. The van der Waals surface area contributed by atoms with Crippen LogP contribution >= 0.6 is 0 Å². The lowest BCUT2D eigenvalue weighted by Crippen LogP contribution is -2.44. The predicted octanol–water partition coefficient (Wildman–Crippen LogP) is 3.01. The fourth-order valence-corrected chi connectivity index (χ4v) is 2.84. The number of rotatable bonds is 7. The number of fused-ring (bicyclic) bond motifs is 1. The summed E-state index contributed by atoms with van der Waals surface area (Å²) < 4.78 is 16.3. The van der Waals surface area contributed by atoms with E-state index in [1.165, 1.54) is 0 Å². The molecule has 1 aliphatic rings. The van der Waals surface area contributed by atoms with Gasteiger partial charge in [0.15, 0.2) is 12.7 Å². The van der Waals surface area contributed by atoms with Gasteiger partial charge in [-0.3, -0.25) is 9.59 Å². The third-order valence-electron chi connectivity index (χ3n) is 4.17. The molecular weight excluding hydrogens is 360 g/mol. The molecule has 28 heavy (non-hydrogen) atoms. The minimum absolute atomic E-state index is 0.129. The minimum atomic E-state index is -0.602. The van der Waals surface area contributed by atoms with E-state index in [4.69, 9.17) is 14.2 Å². The molecule has 1 aliphatic heterocycles. The van der Waals surface area contributed by atoms with E-state index in [9.17, 15) is 9.59 Å². The van der Waals surface area contributed by atoms with E-state index in [0.29, 0.717) is 35.2 Å². The number of hydrogen-bond donors (Lipinski definition) is 1. The molecule has 7 heteroatoms. The number of hydrogen-bond acceptors (Lipinski definition) is 5. The Morgan fingerprint density at radius 3 is 2.82 bits per heavy atom. The topological polar surface area (TPSA) is 77.1 Å². The molecule has 0 bridgehead atoms. The van der Waals surface area contributed by atoms with Crippen LogP contribution in [-0.2, 0) is 9.59 Å². The van der Waals surface area contributed by atoms with Crippen LogP contribution in [-0.4, -0.2) is 38.2 Å². The van der Waals surface area contributed by atoms with Gasteiger partial charge in [-0.1, -0.05) is 12.1 Å². The second kappa shape index (κ2) is 8.47. The molecule has 1 heterocycles. The molecule has 2 amide bonds. The highest BCUT2D eigenvalue weighted by Gasteiger charge is 2.30. The van der Waals surface area contributed by atoms with Crippen LogP contribution < -0.4 is 24.4 Å². The van der Waals surface area contributed by atoms with E-state index in [2.05, 4.69) is 11.9 Å². The normalized spacial score (nSPS) is 15.3. The van der Waals surface area contributed by atoms with Crippen LogP contribution in [0.15, 0.2) is 55.1 Å². The summed E-state index contributed by atoms with van der Waals surface area (Å²) in [5.41, 5.74) is 1.20. The summed E-state index contributed by atoms with van der Waals surface area (Å²) in [5, 5.41) is 2.76. The molecule has 0 radical (unpaired) electrons. The fourth-order valence-electron chi connectivity index (χ4n) is 2.84. The number of ether oxygens (including phenoxy) is 3. The molecule has 1 N–H and O–H groups in total. The molecule has 7 nitrogen and oxygen atoms in total. The van der Waals surface area contributed by atoms with Crippen molar-refractivity contribution in [2.75, 3.05) is 30.5 Å². The van der Waals surface area contributed by atoms with Gasteiger partial charge in [0, 0.05) is 24.4 Å². The van der Waals surface area contributed by atoms with Crippen molar-refractivity contribution in [2.45, 2.75) is 13.0 Å². The van der Waals surface area contributed by atoms with Gasteiger partial charge in [-0.25, -0.2) is 0 Å². The Labute approximate surface area is 163 Å². The lowest BCUT2D eigenvalue weighted by atomic mass is 10.1. The van der Waals surface area contributed by atoms with Crippen molar-refractivity contribution >= 4 is 23.2 Å². The summed E-state index contributed by atoms with van der Waals surface area (Å²) in [4.78, 5) is 26.1. The smallest absolute Gasteiger partial charge is 0.268 e. The van der Waals surface area contributed by atoms with E-state index >= 15 is 0 Å². The minimum Gasteiger partial charge on any atom is -0.497 e. The zero-order valence-electron chi connectivity index (χ0n) is 15.8. The maximum Gasteiger partial charge on any atom is 0.268 e. The molecule has 0 aromatic heterocycles. The van der Waals surface area contributed by atoms with Gasteiger partial charge in [0.25, 0.3) is 11.8 Å². The molecule has 0 saturated heterocycles. The number of anilines is 2. The Balaban J connectivity index is 1.66. The zero-order chi connectivity index (χ0) is 20.1. The maximum atomic E-state index is 12.3. The van der Waals surface area contributed by atoms with Gasteiger partial charge in [-0.2, -0.15) is 0 Å². The van der Waals surface area contributed by atoms with Gasteiger partial charge in [0.1, 0.15) is 17.2 Å². The number of nitrogens with one attached hydrogen (secondary N) is 1.